The van der Waals surface area contributed by atoms with Crippen molar-refractivity contribution in [1.82, 2.24) is 15.5 Å². The van der Waals surface area contributed by atoms with E-state index < -0.39 is 11.9 Å². The molecule has 1 fully saturated rings. The molecular weight excluding hydrogens is 478 g/mol. The minimum atomic E-state index is -0.658. The lowest BCUT2D eigenvalue weighted by molar-refractivity contribution is -0.136. The third-order valence-corrected chi connectivity index (χ3v) is 7.74. The van der Waals surface area contributed by atoms with Crippen LogP contribution in [0.15, 0.2) is 36.4 Å². The first kappa shape index (κ1) is 22.4. The number of fused-ring (bicyclic) bond motifs is 2. The smallest absolute Gasteiger partial charge is 0.263 e. The minimum absolute atomic E-state index is 0.209. The topological polar surface area (TPSA) is 105 Å². The van der Waals surface area contributed by atoms with E-state index in [0.29, 0.717) is 27.6 Å². The van der Waals surface area contributed by atoms with Crippen LogP contribution in [0.1, 0.15) is 44.0 Å². The fourth-order valence-electron chi connectivity index (χ4n) is 4.32. The Morgan fingerprint density at radius 2 is 2.06 bits per heavy atom. The van der Waals surface area contributed by atoms with E-state index in [4.69, 9.17) is 16.3 Å². The van der Waals surface area contributed by atoms with Gasteiger partial charge < -0.3 is 15.0 Å². The van der Waals surface area contributed by atoms with Gasteiger partial charge in [-0.1, -0.05) is 23.7 Å². The Hall–Kier alpha value is -3.43. The number of piperidine rings is 1. The molecule has 0 radical (unpaired) electrons. The van der Waals surface area contributed by atoms with E-state index in [9.17, 15) is 19.2 Å². The maximum atomic E-state index is 12.8. The van der Waals surface area contributed by atoms with Crippen LogP contribution in [0.25, 0.3) is 10.1 Å². The Balaban J connectivity index is 1.29. The predicted molar refractivity (Wildman–Crippen MR) is 127 cm³/mol. The van der Waals surface area contributed by atoms with Crippen LogP contribution in [0.4, 0.5) is 0 Å². The van der Waals surface area contributed by atoms with Gasteiger partial charge in [-0.25, -0.2) is 0 Å². The molecule has 0 spiro atoms. The molecule has 3 aromatic rings. The summed E-state index contributed by atoms with van der Waals surface area (Å²) in [7, 11) is 1.58. The van der Waals surface area contributed by atoms with Gasteiger partial charge in [-0.2, -0.15) is 0 Å². The van der Waals surface area contributed by atoms with E-state index in [1.54, 1.807) is 25.3 Å². The Morgan fingerprint density at radius 1 is 1.24 bits per heavy atom. The molecule has 8 nitrogen and oxygen atoms in total. The van der Waals surface area contributed by atoms with Gasteiger partial charge in [-0.05, 0) is 41.8 Å². The van der Waals surface area contributed by atoms with Crippen molar-refractivity contribution in [2.45, 2.75) is 32.0 Å². The summed E-state index contributed by atoms with van der Waals surface area (Å²) in [4.78, 5) is 51.2. The summed E-state index contributed by atoms with van der Waals surface area (Å²) in [5.74, 6) is -0.583. The fraction of sp³-hybridized carbons (Fsp3) is 0.250. The van der Waals surface area contributed by atoms with Gasteiger partial charge in [-0.15, -0.1) is 11.3 Å². The van der Waals surface area contributed by atoms with E-state index in [1.165, 1.54) is 16.2 Å². The largest absolute Gasteiger partial charge is 0.497 e. The molecule has 1 atom stereocenters. The Bertz CT molecular complexity index is 1370. The number of carbonyl (C=O) groups excluding carboxylic acids is 4. The number of ether oxygens (including phenoxy) is 1. The second kappa shape index (κ2) is 8.73. The molecule has 2 aliphatic heterocycles. The van der Waals surface area contributed by atoms with Crippen LogP contribution in [0.2, 0.25) is 5.02 Å². The monoisotopic (exact) mass is 497 g/mol. The lowest BCUT2D eigenvalue weighted by Crippen LogP contribution is -2.52. The first-order valence-electron chi connectivity index (χ1n) is 10.7. The second-order valence-electron chi connectivity index (χ2n) is 8.18. The predicted octanol–water partition coefficient (Wildman–Crippen LogP) is 3.25. The molecule has 1 saturated heterocycles. The number of nitrogens with one attached hydrogen (secondary N) is 2. The van der Waals surface area contributed by atoms with Crippen molar-refractivity contribution in [2.24, 2.45) is 0 Å². The van der Waals surface area contributed by atoms with Gasteiger partial charge in [0.15, 0.2) is 0 Å². The Morgan fingerprint density at radius 3 is 2.82 bits per heavy atom. The normalized spacial score (nSPS) is 17.6. The van der Waals surface area contributed by atoms with Gasteiger partial charge in [0.05, 0.1) is 12.1 Å². The van der Waals surface area contributed by atoms with Crippen molar-refractivity contribution in [3.05, 3.63) is 63.0 Å². The summed E-state index contributed by atoms with van der Waals surface area (Å²) in [6.45, 7) is 0.540. The number of halogens is 1. The van der Waals surface area contributed by atoms with Crippen molar-refractivity contribution in [2.75, 3.05) is 7.11 Å². The van der Waals surface area contributed by atoms with Crippen LogP contribution in [0.3, 0.4) is 0 Å². The standard InChI is InChI=1S/C24H20ClN3O5S/c1-33-14-3-5-16-18(9-14)34-21(20(16)25)23(31)26-10-12-2-4-15-13(8-12)11-28(24(15)32)17-6-7-19(29)27-22(17)30/h2-5,8-9,17H,6-7,10-11H2,1H3,(H,26,31)(H,27,29,30). The third-order valence-electron chi connectivity index (χ3n) is 6.08. The number of benzene rings is 2. The SMILES string of the molecule is COc1ccc2c(Cl)c(C(=O)NCc3ccc4c(c3)CN(C3CCC(=O)NC3=O)C4=O)sc2c1. The average molecular weight is 498 g/mol. The van der Waals surface area contributed by atoms with Gasteiger partial charge in [-0.3, -0.25) is 24.5 Å². The summed E-state index contributed by atoms with van der Waals surface area (Å²) in [5.41, 5.74) is 2.14. The maximum absolute atomic E-state index is 12.8. The van der Waals surface area contributed by atoms with Crippen LogP contribution >= 0.6 is 22.9 Å². The molecular formula is C24H20ClN3O5S. The summed E-state index contributed by atoms with van der Waals surface area (Å²) >= 11 is 7.74. The third kappa shape index (κ3) is 3.91. The number of thiophene rings is 1. The second-order valence-corrected chi connectivity index (χ2v) is 9.61. The highest BCUT2D eigenvalue weighted by molar-refractivity contribution is 7.21. The molecule has 5 rings (SSSR count). The van der Waals surface area contributed by atoms with Crippen LogP contribution in [0.5, 0.6) is 5.75 Å². The van der Waals surface area contributed by atoms with Gasteiger partial charge >= 0.3 is 0 Å². The molecule has 0 bridgehead atoms. The highest BCUT2D eigenvalue weighted by Crippen LogP contribution is 2.37. The molecule has 4 amide bonds. The van der Waals surface area contributed by atoms with Crippen LogP contribution in [-0.2, 0) is 22.7 Å². The number of imide groups is 1. The highest BCUT2D eigenvalue weighted by atomic mass is 35.5. The minimum Gasteiger partial charge on any atom is -0.497 e. The van der Waals surface area contributed by atoms with E-state index in [-0.39, 0.29) is 37.2 Å². The zero-order chi connectivity index (χ0) is 24.0. The Labute approximate surface area is 203 Å². The average Bonchev–Trinajstić information content (AvgIpc) is 3.33. The number of methoxy groups -OCH3 is 1. The molecule has 0 aliphatic carbocycles. The van der Waals surface area contributed by atoms with E-state index in [2.05, 4.69) is 10.6 Å². The van der Waals surface area contributed by atoms with Crippen molar-refractivity contribution in [1.29, 1.82) is 0 Å². The van der Waals surface area contributed by atoms with Crippen LogP contribution < -0.4 is 15.4 Å². The molecule has 3 heterocycles. The number of rotatable bonds is 5. The lowest BCUT2D eigenvalue weighted by atomic mass is 10.0. The first-order chi connectivity index (χ1) is 16.4. The van der Waals surface area contributed by atoms with Crippen molar-refractivity contribution < 1.29 is 23.9 Å². The summed E-state index contributed by atoms with van der Waals surface area (Å²) in [5, 5.41) is 6.38. The van der Waals surface area contributed by atoms with Gasteiger partial charge in [0.1, 0.15) is 16.7 Å². The molecule has 2 aromatic carbocycles. The van der Waals surface area contributed by atoms with Crippen LogP contribution in [-0.4, -0.2) is 41.7 Å². The molecule has 0 saturated carbocycles. The zero-order valence-corrected chi connectivity index (χ0v) is 19.7. The molecule has 1 aromatic heterocycles. The zero-order valence-electron chi connectivity index (χ0n) is 18.1. The molecule has 34 heavy (non-hydrogen) atoms. The lowest BCUT2D eigenvalue weighted by Gasteiger charge is -2.29. The molecule has 2 aliphatic rings. The van der Waals surface area contributed by atoms with E-state index in [1.807, 2.05) is 18.2 Å². The molecule has 10 heteroatoms. The van der Waals surface area contributed by atoms with Crippen molar-refractivity contribution >= 4 is 56.7 Å². The summed E-state index contributed by atoms with van der Waals surface area (Å²) in [6, 6.07) is 10.2. The number of amides is 4. The Kier molecular flexibility index (Phi) is 5.75. The van der Waals surface area contributed by atoms with Gasteiger partial charge in [0, 0.05) is 35.2 Å². The quantitative estimate of drug-likeness (QED) is 0.526. The molecule has 2 N–H and O–H groups in total. The fourth-order valence-corrected chi connectivity index (χ4v) is 5.78. The number of hydrogen-bond donors (Lipinski definition) is 2. The number of hydrogen-bond acceptors (Lipinski definition) is 6. The van der Waals surface area contributed by atoms with Crippen molar-refractivity contribution in [3.63, 3.8) is 0 Å². The van der Waals surface area contributed by atoms with Crippen molar-refractivity contribution in [3.8, 4) is 5.75 Å². The summed E-state index contributed by atoms with van der Waals surface area (Å²) < 4.78 is 6.10. The highest BCUT2D eigenvalue weighted by Gasteiger charge is 2.39. The maximum Gasteiger partial charge on any atom is 0.263 e. The van der Waals surface area contributed by atoms with Gasteiger partial charge in [0.2, 0.25) is 11.8 Å². The first-order valence-corrected chi connectivity index (χ1v) is 11.9. The number of nitrogens with zero attached hydrogens (tertiary/aromatic N) is 1. The molecule has 174 valence electrons. The summed E-state index contributed by atoms with van der Waals surface area (Å²) in [6.07, 6.45) is 0.524. The van der Waals surface area contributed by atoms with E-state index in [0.717, 1.165) is 21.2 Å². The van der Waals surface area contributed by atoms with E-state index >= 15 is 0 Å². The molecule has 1 unspecified atom stereocenters. The van der Waals surface area contributed by atoms with Gasteiger partial charge in [0.25, 0.3) is 11.8 Å². The van der Waals surface area contributed by atoms with Crippen LogP contribution in [0, 0.1) is 0 Å². The number of carbonyl (C=O) groups is 4.